The Morgan fingerprint density at radius 2 is 2.20 bits per heavy atom. The molecule has 7 nitrogen and oxygen atoms in total. The zero-order chi connectivity index (χ0) is 14.9. The number of carbonyl (C=O) groups excluding carboxylic acids is 1. The predicted octanol–water partition coefficient (Wildman–Crippen LogP) is 0.916. The van der Waals surface area contributed by atoms with Crippen molar-refractivity contribution in [1.82, 2.24) is 5.32 Å². The molecular formula is C13H17N3O4. The van der Waals surface area contributed by atoms with Gasteiger partial charge in [0.05, 0.1) is 10.5 Å². The highest BCUT2D eigenvalue weighted by Crippen LogP contribution is 2.35. The summed E-state index contributed by atoms with van der Waals surface area (Å²) in [5, 5.41) is 23.5. The number of nitro benzene ring substituents is 1. The van der Waals surface area contributed by atoms with Crippen LogP contribution in [0, 0.1) is 10.1 Å². The molecule has 2 rings (SSSR count). The highest BCUT2D eigenvalue weighted by Gasteiger charge is 2.39. The van der Waals surface area contributed by atoms with Crippen LogP contribution in [0.2, 0.25) is 0 Å². The number of aliphatic hydroxyl groups is 1. The average molecular weight is 279 g/mol. The number of amides is 1. The van der Waals surface area contributed by atoms with Gasteiger partial charge in [-0.1, -0.05) is 0 Å². The van der Waals surface area contributed by atoms with E-state index in [4.69, 9.17) is 0 Å². The fourth-order valence-electron chi connectivity index (χ4n) is 2.29. The summed E-state index contributed by atoms with van der Waals surface area (Å²) in [6.07, 6.45) is 0. The van der Waals surface area contributed by atoms with Crippen LogP contribution in [-0.4, -0.2) is 41.2 Å². The van der Waals surface area contributed by atoms with Gasteiger partial charge in [-0.2, -0.15) is 0 Å². The lowest BCUT2D eigenvalue weighted by Gasteiger charge is -2.45. The molecule has 1 aliphatic heterocycles. The number of benzene rings is 1. The summed E-state index contributed by atoms with van der Waals surface area (Å²) in [5.41, 5.74) is -0.250. The van der Waals surface area contributed by atoms with E-state index in [1.54, 1.807) is 30.9 Å². The number of nitrogens with zero attached hydrogens (tertiary/aromatic N) is 2. The van der Waals surface area contributed by atoms with Crippen LogP contribution in [0.15, 0.2) is 18.2 Å². The molecular weight excluding hydrogens is 262 g/mol. The smallest absolute Gasteiger partial charge is 0.293 e. The first-order valence-corrected chi connectivity index (χ1v) is 6.38. The number of β-amino-alcohol motifs (C(OH)–C–C–N with tert-alkyl or cyclic N) is 1. The zero-order valence-corrected chi connectivity index (χ0v) is 11.4. The molecule has 2 N–H and O–H groups in total. The van der Waals surface area contributed by atoms with Crippen LogP contribution >= 0.6 is 0 Å². The molecule has 7 heteroatoms. The second-order valence-corrected chi connectivity index (χ2v) is 5.17. The third kappa shape index (κ3) is 2.72. The van der Waals surface area contributed by atoms with E-state index in [0.29, 0.717) is 25.3 Å². The van der Waals surface area contributed by atoms with Crippen molar-refractivity contribution in [2.24, 2.45) is 0 Å². The highest BCUT2D eigenvalue weighted by atomic mass is 16.6. The summed E-state index contributed by atoms with van der Waals surface area (Å²) in [5.74, 6) is -0.335. The van der Waals surface area contributed by atoms with Crippen molar-refractivity contribution in [3.05, 3.63) is 33.9 Å². The molecule has 108 valence electrons. The summed E-state index contributed by atoms with van der Waals surface area (Å²) in [6.45, 7) is 4.60. The average Bonchev–Trinajstić information content (AvgIpc) is 2.35. The van der Waals surface area contributed by atoms with Gasteiger partial charge < -0.3 is 15.3 Å². The van der Waals surface area contributed by atoms with Crippen LogP contribution in [0.4, 0.5) is 11.4 Å². The van der Waals surface area contributed by atoms with Crippen molar-refractivity contribution in [2.45, 2.75) is 19.4 Å². The molecule has 1 aromatic rings. The summed E-state index contributed by atoms with van der Waals surface area (Å²) >= 11 is 0. The summed E-state index contributed by atoms with van der Waals surface area (Å²) in [4.78, 5) is 24.1. The van der Waals surface area contributed by atoms with Gasteiger partial charge in [-0.05, 0) is 26.0 Å². The Kier molecular flexibility index (Phi) is 3.63. The lowest BCUT2D eigenvalue weighted by Crippen LogP contribution is -2.60. The van der Waals surface area contributed by atoms with Gasteiger partial charge in [-0.25, -0.2) is 0 Å². The van der Waals surface area contributed by atoms with E-state index in [2.05, 4.69) is 5.32 Å². The molecule has 1 amide bonds. The molecule has 1 aromatic carbocycles. The maximum Gasteiger partial charge on any atom is 0.293 e. The molecule has 20 heavy (non-hydrogen) atoms. The largest absolute Gasteiger partial charge is 0.386 e. The van der Waals surface area contributed by atoms with Gasteiger partial charge in [0.15, 0.2) is 0 Å². The van der Waals surface area contributed by atoms with E-state index in [9.17, 15) is 20.0 Å². The molecule has 1 saturated heterocycles. The van der Waals surface area contributed by atoms with Crippen molar-refractivity contribution < 1.29 is 14.8 Å². The second-order valence-electron chi connectivity index (χ2n) is 5.17. The predicted molar refractivity (Wildman–Crippen MR) is 73.9 cm³/mol. The highest BCUT2D eigenvalue weighted by molar-refractivity contribution is 5.95. The van der Waals surface area contributed by atoms with Crippen molar-refractivity contribution >= 4 is 17.3 Å². The summed E-state index contributed by atoms with van der Waals surface area (Å²) in [7, 11) is 0. The normalized spacial score (nSPS) is 16.4. The number of hydrogen-bond acceptors (Lipinski definition) is 5. The minimum atomic E-state index is -0.813. The topological polar surface area (TPSA) is 95.7 Å². The summed E-state index contributed by atoms with van der Waals surface area (Å²) in [6, 6.07) is 4.38. The van der Waals surface area contributed by atoms with E-state index in [1.165, 1.54) is 6.07 Å². The van der Waals surface area contributed by atoms with E-state index in [1.807, 2.05) is 0 Å². The van der Waals surface area contributed by atoms with E-state index >= 15 is 0 Å². The number of carbonyl (C=O) groups is 1. The molecule has 0 unspecified atom stereocenters. The molecule has 0 saturated carbocycles. The third-order valence-corrected chi connectivity index (χ3v) is 3.18. The van der Waals surface area contributed by atoms with Crippen molar-refractivity contribution in [3.63, 3.8) is 0 Å². The SMILES string of the molecule is CCNC(=O)c1ccc(N2CC(C)(O)C2)c([N+](=O)[O-])c1. The first-order chi connectivity index (χ1) is 9.34. The van der Waals surface area contributed by atoms with Crippen molar-refractivity contribution in [1.29, 1.82) is 0 Å². The van der Waals surface area contributed by atoms with Gasteiger partial charge in [0.2, 0.25) is 0 Å². The Balaban J connectivity index is 2.30. The number of rotatable bonds is 4. The van der Waals surface area contributed by atoms with Crippen LogP contribution < -0.4 is 10.2 Å². The van der Waals surface area contributed by atoms with Gasteiger partial charge in [0, 0.05) is 31.3 Å². The van der Waals surface area contributed by atoms with Gasteiger partial charge in [0.25, 0.3) is 11.6 Å². The van der Waals surface area contributed by atoms with Crippen LogP contribution in [0.5, 0.6) is 0 Å². The number of hydrogen-bond donors (Lipinski definition) is 2. The Morgan fingerprint density at radius 3 is 2.70 bits per heavy atom. The Bertz CT molecular complexity index is 549. The zero-order valence-electron chi connectivity index (χ0n) is 11.4. The van der Waals surface area contributed by atoms with Crippen molar-refractivity contribution in [2.75, 3.05) is 24.5 Å². The van der Waals surface area contributed by atoms with Crippen LogP contribution in [0.1, 0.15) is 24.2 Å². The van der Waals surface area contributed by atoms with Gasteiger partial charge in [0.1, 0.15) is 5.69 Å². The third-order valence-electron chi connectivity index (χ3n) is 3.18. The van der Waals surface area contributed by atoms with E-state index in [0.717, 1.165) is 0 Å². The van der Waals surface area contributed by atoms with E-state index in [-0.39, 0.29) is 17.2 Å². The number of anilines is 1. The number of nitro groups is 1. The fraction of sp³-hybridized carbons (Fsp3) is 0.462. The Labute approximate surface area is 116 Å². The molecule has 0 aromatic heterocycles. The monoisotopic (exact) mass is 279 g/mol. The quantitative estimate of drug-likeness (QED) is 0.631. The first-order valence-electron chi connectivity index (χ1n) is 6.38. The molecule has 1 aliphatic rings. The first kappa shape index (κ1) is 14.3. The van der Waals surface area contributed by atoms with Gasteiger partial charge >= 0.3 is 0 Å². The van der Waals surface area contributed by atoms with Gasteiger partial charge in [-0.15, -0.1) is 0 Å². The molecule has 0 bridgehead atoms. The minimum absolute atomic E-state index is 0.121. The second kappa shape index (κ2) is 5.09. The Morgan fingerprint density at radius 1 is 1.55 bits per heavy atom. The van der Waals surface area contributed by atoms with Crippen LogP contribution in [-0.2, 0) is 0 Å². The molecule has 1 heterocycles. The maximum absolute atomic E-state index is 11.7. The number of nitrogens with one attached hydrogen (secondary N) is 1. The standard InChI is InChI=1S/C13H17N3O4/c1-3-14-12(17)9-4-5-10(11(6-9)16(19)20)15-7-13(2,18)8-15/h4-6,18H,3,7-8H2,1-2H3,(H,14,17). The molecule has 1 fully saturated rings. The van der Waals surface area contributed by atoms with Crippen molar-refractivity contribution in [3.8, 4) is 0 Å². The lowest BCUT2D eigenvalue weighted by molar-refractivity contribution is -0.384. The molecule has 0 spiro atoms. The van der Waals surface area contributed by atoms with E-state index < -0.39 is 10.5 Å². The summed E-state index contributed by atoms with van der Waals surface area (Å²) < 4.78 is 0. The van der Waals surface area contributed by atoms with Crippen LogP contribution in [0.3, 0.4) is 0 Å². The maximum atomic E-state index is 11.7. The Hall–Kier alpha value is -2.15. The minimum Gasteiger partial charge on any atom is -0.386 e. The van der Waals surface area contributed by atoms with Crippen LogP contribution in [0.25, 0.3) is 0 Å². The fourth-order valence-corrected chi connectivity index (χ4v) is 2.29. The molecule has 0 radical (unpaired) electrons. The molecule has 0 aliphatic carbocycles. The lowest BCUT2D eigenvalue weighted by atomic mass is 9.95. The molecule has 0 atom stereocenters. The van der Waals surface area contributed by atoms with Gasteiger partial charge in [-0.3, -0.25) is 14.9 Å².